The summed E-state index contributed by atoms with van der Waals surface area (Å²) in [5.41, 5.74) is 20.4. The number of hydrogen-bond donors (Lipinski definition) is 0. The Morgan fingerprint density at radius 1 is 0.247 bits per heavy atom. The number of hydrogen-bond acceptors (Lipinski definition) is 5. The topological polar surface area (TPSA) is 69.9 Å². The van der Waals surface area contributed by atoms with Gasteiger partial charge in [-0.05, 0) is 129 Å². The normalized spacial score (nSPS) is 11.7. The van der Waals surface area contributed by atoms with E-state index in [2.05, 4.69) is 241 Å². The molecule has 0 N–H and O–H groups in total. The third kappa shape index (κ3) is 7.99. The molecule has 6 heteroatoms. The maximum Gasteiger partial charge on any atom is 0.164 e. The van der Waals surface area contributed by atoms with Crippen LogP contribution >= 0.6 is 0 Å². The van der Waals surface area contributed by atoms with Gasteiger partial charge >= 0.3 is 0 Å². The Labute approximate surface area is 466 Å². The molecule has 378 valence electrons. The second-order valence-electron chi connectivity index (χ2n) is 20.7. The Hall–Kier alpha value is -11.0. The van der Waals surface area contributed by atoms with Crippen LogP contribution in [0.2, 0.25) is 0 Å². The molecule has 0 spiro atoms. The average Bonchev–Trinajstić information content (AvgIpc) is 4.30. The van der Waals surface area contributed by atoms with Gasteiger partial charge in [-0.25, -0.2) is 15.0 Å². The standard InChI is InChI=1S/C75H46N4O2/c1-4-18-47(19-5-1)55-41-56(48-20-6-2-7-21-48)43-57(42-55)50-24-14-26-54(40-50)74-76-73(49-22-8-3-9-23-49)77-75(78-74)63-32-17-35-70-71(63)65-46-52(37-39-69(65)80-70)51-36-38-67-64(45-51)60-28-10-12-33-66(60)79(67)58-27-15-25-53(44-58)59-30-16-31-62-61-29-11-13-34-68(61)81-72(59)62/h1-46H. The van der Waals surface area contributed by atoms with Crippen LogP contribution in [0.5, 0.6) is 0 Å². The van der Waals surface area contributed by atoms with Crippen LogP contribution in [-0.4, -0.2) is 19.5 Å². The molecule has 16 rings (SSSR count). The van der Waals surface area contributed by atoms with Crippen molar-refractivity contribution >= 4 is 65.7 Å². The molecule has 0 radical (unpaired) electrons. The third-order valence-electron chi connectivity index (χ3n) is 15.8. The lowest BCUT2D eigenvalue weighted by Gasteiger charge is -2.13. The van der Waals surface area contributed by atoms with Gasteiger partial charge in [-0.3, -0.25) is 0 Å². The van der Waals surface area contributed by atoms with Crippen LogP contribution in [0.25, 0.3) is 161 Å². The first kappa shape index (κ1) is 46.2. The van der Waals surface area contributed by atoms with E-state index in [1.54, 1.807) is 0 Å². The molecule has 81 heavy (non-hydrogen) atoms. The molecule has 4 aromatic heterocycles. The van der Waals surface area contributed by atoms with Crippen LogP contribution in [0.3, 0.4) is 0 Å². The van der Waals surface area contributed by atoms with Crippen LogP contribution in [0.4, 0.5) is 0 Å². The summed E-state index contributed by atoms with van der Waals surface area (Å²) in [5, 5.41) is 6.51. The van der Waals surface area contributed by atoms with Crippen LogP contribution < -0.4 is 0 Å². The predicted molar refractivity (Wildman–Crippen MR) is 332 cm³/mol. The van der Waals surface area contributed by atoms with Gasteiger partial charge in [-0.2, -0.15) is 0 Å². The first-order valence-corrected chi connectivity index (χ1v) is 27.3. The van der Waals surface area contributed by atoms with Crippen LogP contribution in [0.1, 0.15) is 0 Å². The smallest absolute Gasteiger partial charge is 0.164 e. The van der Waals surface area contributed by atoms with E-state index in [0.29, 0.717) is 17.5 Å². The predicted octanol–water partition coefficient (Wildman–Crippen LogP) is 20.1. The van der Waals surface area contributed by atoms with Crippen molar-refractivity contribution < 1.29 is 8.83 Å². The Bertz CT molecular complexity index is 5060. The largest absolute Gasteiger partial charge is 0.456 e. The van der Waals surface area contributed by atoms with Crippen molar-refractivity contribution in [1.82, 2.24) is 19.5 Å². The van der Waals surface area contributed by atoms with E-state index in [-0.39, 0.29) is 0 Å². The highest BCUT2D eigenvalue weighted by Gasteiger charge is 2.21. The number of furan rings is 2. The van der Waals surface area contributed by atoms with Crippen molar-refractivity contribution in [1.29, 1.82) is 0 Å². The van der Waals surface area contributed by atoms with Crippen molar-refractivity contribution in [2.45, 2.75) is 0 Å². The first-order valence-electron chi connectivity index (χ1n) is 27.3. The van der Waals surface area contributed by atoms with Crippen molar-refractivity contribution in [3.05, 3.63) is 279 Å². The minimum Gasteiger partial charge on any atom is -0.456 e. The zero-order valence-corrected chi connectivity index (χ0v) is 43.7. The lowest BCUT2D eigenvalue weighted by Crippen LogP contribution is -2.00. The van der Waals surface area contributed by atoms with Gasteiger partial charge in [0.15, 0.2) is 17.5 Å². The van der Waals surface area contributed by atoms with Gasteiger partial charge in [-0.1, -0.05) is 200 Å². The molecule has 0 bridgehead atoms. The quantitative estimate of drug-likeness (QED) is 0.144. The van der Waals surface area contributed by atoms with Crippen molar-refractivity contribution in [3.63, 3.8) is 0 Å². The van der Waals surface area contributed by atoms with Gasteiger partial charge in [0.1, 0.15) is 22.3 Å². The summed E-state index contributed by atoms with van der Waals surface area (Å²) in [7, 11) is 0. The summed E-state index contributed by atoms with van der Waals surface area (Å²) in [6, 6.07) is 98.3. The minimum atomic E-state index is 0.563. The summed E-state index contributed by atoms with van der Waals surface area (Å²) in [5.74, 6) is 1.73. The molecule has 12 aromatic carbocycles. The van der Waals surface area contributed by atoms with Gasteiger partial charge in [0.2, 0.25) is 0 Å². The Balaban J connectivity index is 0.804. The van der Waals surface area contributed by atoms with E-state index in [0.717, 1.165) is 133 Å². The maximum atomic E-state index is 6.66. The van der Waals surface area contributed by atoms with E-state index in [1.165, 1.54) is 10.8 Å². The highest BCUT2D eigenvalue weighted by atomic mass is 16.3. The van der Waals surface area contributed by atoms with Gasteiger partial charge in [-0.15, -0.1) is 0 Å². The lowest BCUT2D eigenvalue weighted by atomic mass is 9.93. The monoisotopic (exact) mass is 1030 g/mol. The highest BCUT2D eigenvalue weighted by molar-refractivity contribution is 6.14. The summed E-state index contributed by atoms with van der Waals surface area (Å²) in [4.78, 5) is 15.8. The van der Waals surface area contributed by atoms with E-state index >= 15 is 0 Å². The zero-order chi connectivity index (χ0) is 53.4. The molecule has 4 heterocycles. The second kappa shape index (κ2) is 18.9. The Morgan fingerprint density at radius 3 is 1.52 bits per heavy atom. The average molecular weight is 1040 g/mol. The number of benzene rings is 12. The SMILES string of the molecule is c1ccc(-c2cc(-c3ccccc3)cc(-c3cccc(-c4nc(-c5ccccc5)nc(-c5cccc6oc7ccc(-c8ccc9c(c8)c8ccccc8n9-c8cccc(-c9cccc%10c9oc9ccccc9%10)c8)cc7c56)n4)c3)c2)cc1. The molecule has 0 aliphatic carbocycles. The van der Waals surface area contributed by atoms with Crippen molar-refractivity contribution in [2.24, 2.45) is 0 Å². The summed E-state index contributed by atoms with van der Waals surface area (Å²) < 4.78 is 15.5. The maximum absolute atomic E-state index is 6.66. The van der Waals surface area contributed by atoms with Crippen LogP contribution in [0.15, 0.2) is 288 Å². The molecular formula is C75H46N4O2. The van der Waals surface area contributed by atoms with E-state index < -0.39 is 0 Å². The molecule has 0 aliphatic heterocycles. The van der Waals surface area contributed by atoms with Gasteiger partial charge in [0.05, 0.1) is 11.0 Å². The molecule has 6 nitrogen and oxygen atoms in total. The molecule has 0 amide bonds. The minimum absolute atomic E-state index is 0.563. The molecule has 0 unspecified atom stereocenters. The fourth-order valence-electron chi connectivity index (χ4n) is 12.0. The van der Waals surface area contributed by atoms with Crippen molar-refractivity contribution in [2.75, 3.05) is 0 Å². The Kier molecular flexibility index (Phi) is 10.8. The van der Waals surface area contributed by atoms with E-state index in [9.17, 15) is 0 Å². The molecule has 0 fully saturated rings. The fourth-order valence-corrected chi connectivity index (χ4v) is 12.0. The molecular weight excluding hydrogens is 989 g/mol. The zero-order valence-electron chi connectivity index (χ0n) is 43.7. The van der Waals surface area contributed by atoms with Crippen LogP contribution in [0, 0.1) is 0 Å². The fraction of sp³-hybridized carbons (Fsp3) is 0. The van der Waals surface area contributed by atoms with Gasteiger partial charge in [0.25, 0.3) is 0 Å². The molecule has 0 aliphatic rings. The van der Waals surface area contributed by atoms with Crippen molar-refractivity contribution in [3.8, 4) is 95.5 Å². The summed E-state index contributed by atoms with van der Waals surface area (Å²) in [6.07, 6.45) is 0. The highest BCUT2D eigenvalue weighted by Crippen LogP contribution is 2.43. The summed E-state index contributed by atoms with van der Waals surface area (Å²) in [6.45, 7) is 0. The van der Waals surface area contributed by atoms with E-state index in [1.807, 2.05) is 42.5 Å². The number of para-hydroxylation sites is 3. The lowest BCUT2D eigenvalue weighted by molar-refractivity contribution is 0.669. The Morgan fingerprint density at radius 2 is 0.741 bits per heavy atom. The summed E-state index contributed by atoms with van der Waals surface area (Å²) >= 11 is 0. The van der Waals surface area contributed by atoms with Crippen LogP contribution in [-0.2, 0) is 0 Å². The number of nitrogens with zero attached hydrogens (tertiary/aromatic N) is 4. The first-order chi connectivity index (χ1) is 40.1. The van der Waals surface area contributed by atoms with Gasteiger partial charge < -0.3 is 13.4 Å². The van der Waals surface area contributed by atoms with E-state index in [4.69, 9.17) is 23.8 Å². The number of aromatic nitrogens is 4. The third-order valence-corrected chi connectivity index (χ3v) is 15.8. The number of fused-ring (bicyclic) bond motifs is 9. The molecule has 0 atom stereocenters. The second-order valence-corrected chi connectivity index (χ2v) is 20.7. The van der Waals surface area contributed by atoms with Gasteiger partial charge in [0, 0.05) is 60.3 Å². The molecule has 0 saturated carbocycles. The molecule has 0 saturated heterocycles. The molecule has 16 aromatic rings. The number of rotatable bonds is 9.